The van der Waals surface area contributed by atoms with Crippen LogP contribution in [0.25, 0.3) is 0 Å². The van der Waals surface area contributed by atoms with Crippen molar-refractivity contribution < 1.29 is 4.42 Å². The molecule has 0 spiro atoms. The molecule has 94 valence electrons. The first kappa shape index (κ1) is 12.0. The molecule has 1 unspecified atom stereocenters. The third kappa shape index (κ3) is 3.00. The first-order chi connectivity index (χ1) is 8.10. The zero-order valence-corrected chi connectivity index (χ0v) is 10.6. The molecule has 0 amide bonds. The van der Waals surface area contributed by atoms with Crippen molar-refractivity contribution in [2.24, 2.45) is 10.8 Å². The van der Waals surface area contributed by atoms with Gasteiger partial charge in [0, 0.05) is 5.56 Å². The average Bonchev–Trinajstić information content (AvgIpc) is 3.02. The number of nitrogens with zero attached hydrogens (tertiary/aromatic N) is 1. The molecule has 2 rings (SSSR count). The van der Waals surface area contributed by atoms with Crippen LogP contribution >= 0.6 is 0 Å². The maximum Gasteiger partial charge on any atom is 0.206 e. The van der Waals surface area contributed by atoms with E-state index in [1.807, 2.05) is 19.9 Å². The minimum absolute atomic E-state index is 0.126. The second-order valence-corrected chi connectivity index (χ2v) is 4.59. The number of nitrogens with one attached hydrogen (secondary N) is 2. The third-order valence-corrected chi connectivity index (χ3v) is 2.89. The minimum Gasteiger partial charge on any atom is -0.466 e. The van der Waals surface area contributed by atoms with Crippen LogP contribution in [-0.4, -0.2) is 12.0 Å². The molecule has 0 bridgehead atoms. The minimum atomic E-state index is 0.126. The molecule has 1 aromatic heterocycles. The van der Waals surface area contributed by atoms with Gasteiger partial charge in [-0.1, -0.05) is 0 Å². The van der Waals surface area contributed by atoms with Gasteiger partial charge >= 0.3 is 0 Å². The summed E-state index contributed by atoms with van der Waals surface area (Å²) in [6.45, 7) is 5.98. The fourth-order valence-electron chi connectivity index (χ4n) is 1.87. The Morgan fingerprint density at radius 1 is 1.53 bits per heavy atom. The van der Waals surface area contributed by atoms with Gasteiger partial charge in [0.05, 0.1) is 12.1 Å². The smallest absolute Gasteiger partial charge is 0.206 e. The predicted octanol–water partition coefficient (Wildman–Crippen LogP) is 1.53. The summed E-state index contributed by atoms with van der Waals surface area (Å²) >= 11 is 0. The van der Waals surface area contributed by atoms with E-state index >= 15 is 0 Å². The summed E-state index contributed by atoms with van der Waals surface area (Å²) in [5.74, 6) is 7.96. The predicted molar refractivity (Wildman–Crippen MR) is 67.5 cm³/mol. The average molecular weight is 236 g/mol. The highest BCUT2D eigenvalue weighted by molar-refractivity contribution is 5.80. The molecule has 4 N–H and O–H groups in total. The highest BCUT2D eigenvalue weighted by Gasteiger charge is 2.22. The molecule has 0 radical (unpaired) electrons. The number of furan rings is 1. The molecule has 1 aliphatic rings. The SMILES string of the molecule is Cc1cc(C(C)NC(=NC2CC2)NN)c(C)o1. The van der Waals surface area contributed by atoms with E-state index in [0.717, 1.165) is 29.9 Å². The van der Waals surface area contributed by atoms with Crippen molar-refractivity contribution in [2.45, 2.75) is 45.7 Å². The Morgan fingerprint density at radius 2 is 2.24 bits per heavy atom. The topological polar surface area (TPSA) is 75.6 Å². The zero-order valence-electron chi connectivity index (χ0n) is 10.6. The van der Waals surface area contributed by atoms with Gasteiger partial charge in [-0.25, -0.2) is 10.8 Å². The Bertz CT molecular complexity index is 420. The van der Waals surface area contributed by atoms with E-state index in [1.54, 1.807) is 0 Å². The quantitative estimate of drug-likeness (QED) is 0.322. The lowest BCUT2D eigenvalue weighted by molar-refractivity contribution is 0.496. The molecular weight excluding hydrogens is 216 g/mol. The molecule has 1 saturated carbocycles. The van der Waals surface area contributed by atoms with Crippen LogP contribution in [-0.2, 0) is 0 Å². The van der Waals surface area contributed by atoms with Crippen LogP contribution in [0, 0.1) is 13.8 Å². The number of hydrogen-bond acceptors (Lipinski definition) is 3. The number of guanidine groups is 1. The fraction of sp³-hybridized carbons (Fsp3) is 0.583. The Balaban J connectivity index is 2.04. The molecule has 1 heterocycles. The van der Waals surface area contributed by atoms with Crippen LogP contribution in [0.2, 0.25) is 0 Å². The Kier molecular flexibility index (Phi) is 3.38. The highest BCUT2D eigenvalue weighted by Crippen LogP contribution is 2.24. The van der Waals surface area contributed by atoms with Gasteiger partial charge in [0.15, 0.2) is 0 Å². The number of rotatable bonds is 3. The van der Waals surface area contributed by atoms with Gasteiger partial charge in [-0.15, -0.1) is 0 Å². The first-order valence-electron chi connectivity index (χ1n) is 5.98. The molecule has 0 aliphatic heterocycles. The van der Waals surface area contributed by atoms with Crippen molar-refractivity contribution in [3.8, 4) is 0 Å². The Hall–Kier alpha value is -1.49. The van der Waals surface area contributed by atoms with Crippen molar-refractivity contribution in [1.82, 2.24) is 10.7 Å². The van der Waals surface area contributed by atoms with Gasteiger partial charge in [0.1, 0.15) is 11.5 Å². The van der Waals surface area contributed by atoms with Gasteiger partial charge in [-0.05, 0) is 39.7 Å². The maximum atomic E-state index is 5.51. The second kappa shape index (κ2) is 4.79. The summed E-state index contributed by atoms with van der Waals surface area (Å²) in [4.78, 5) is 4.45. The van der Waals surface area contributed by atoms with Crippen molar-refractivity contribution in [3.05, 3.63) is 23.2 Å². The van der Waals surface area contributed by atoms with E-state index in [1.165, 1.54) is 0 Å². The van der Waals surface area contributed by atoms with Crippen LogP contribution in [0.5, 0.6) is 0 Å². The number of aryl methyl sites for hydroxylation is 2. The van der Waals surface area contributed by atoms with E-state index in [-0.39, 0.29) is 6.04 Å². The molecule has 1 aliphatic carbocycles. The highest BCUT2D eigenvalue weighted by atomic mass is 16.3. The van der Waals surface area contributed by atoms with Gasteiger partial charge in [-0.3, -0.25) is 5.43 Å². The summed E-state index contributed by atoms with van der Waals surface area (Å²) in [5.41, 5.74) is 3.75. The third-order valence-electron chi connectivity index (χ3n) is 2.89. The Morgan fingerprint density at radius 3 is 2.71 bits per heavy atom. The van der Waals surface area contributed by atoms with Gasteiger partial charge in [-0.2, -0.15) is 0 Å². The Labute approximate surface area is 101 Å². The summed E-state index contributed by atoms with van der Waals surface area (Å²) in [6.07, 6.45) is 2.32. The van der Waals surface area contributed by atoms with Crippen molar-refractivity contribution in [3.63, 3.8) is 0 Å². The number of nitrogens with two attached hydrogens (primary N) is 1. The first-order valence-corrected chi connectivity index (χ1v) is 5.98. The van der Waals surface area contributed by atoms with Crippen molar-refractivity contribution in [1.29, 1.82) is 0 Å². The van der Waals surface area contributed by atoms with E-state index in [9.17, 15) is 0 Å². The molecule has 17 heavy (non-hydrogen) atoms. The lowest BCUT2D eigenvalue weighted by Gasteiger charge is -2.15. The molecular formula is C12H20N4O. The summed E-state index contributed by atoms with van der Waals surface area (Å²) in [7, 11) is 0. The van der Waals surface area contributed by atoms with Crippen LogP contribution < -0.4 is 16.6 Å². The molecule has 5 heteroatoms. The van der Waals surface area contributed by atoms with Crippen LogP contribution in [0.4, 0.5) is 0 Å². The summed E-state index contributed by atoms with van der Waals surface area (Å²) in [5, 5.41) is 3.26. The maximum absolute atomic E-state index is 5.51. The molecule has 1 fully saturated rings. The summed E-state index contributed by atoms with van der Waals surface area (Å²) in [6, 6.07) is 2.60. The van der Waals surface area contributed by atoms with Gasteiger partial charge in [0.25, 0.3) is 0 Å². The zero-order chi connectivity index (χ0) is 12.4. The van der Waals surface area contributed by atoms with Crippen molar-refractivity contribution >= 4 is 5.96 Å². The van der Waals surface area contributed by atoms with Gasteiger partial charge in [0.2, 0.25) is 5.96 Å². The molecule has 1 atom stereocenters. The monoisotopic (exact) mass is 236 g/mol. The summed E-state index contributed by atoms with van der Waals surface area (Å²) < 4.78 is 5.51. The van der Waals surface area contributed by atoms with E-state index in [0.29, 0.717) is 12.0 Å². The number of hydrogen-bond donors (Lipinski definition) is 3. The molecule has 0 aromatic carbocycles. The lowest BCUT2D eigenvalue weighted by atomic mass is 10.1. The van der Waals surface area contributed by atoms with Crippen LogP contribution in [0.1, 0.15) is 42.9 Å². The van der Waals surface area contributed by atoms with E-state index < -0.39 is 0 Å². The van der Waals surface area contributed by atoms with Crippen molar-refractivity contribution in [2.75, 3.05) is 0 Å². The van der Waals surface area contributed by atoms with E-state index in [2.05, 4.69) is 22.7 Å². The largest absolute Gasteiger partial charge is 0.466 e. The standard InChI is InChI=1S/C12H20N4O/c1-7-6-11(9(3)17-7)8(2)14-12(16-13)15-10-4-5-10/h6,8,10H,4-5,13H2,1-3H3,(H2,14,15,16). The van der Waals surface area contributed by atoms with Crippen LogP contribution in [0.3, 0.4) is 0 Å². The molecule has 1 aromatic rings. The normalized spacial score (nSPS) is 18.0. The van der Waals surface area contributed by atoms with Gasteiger partial charge < -0.3 is 9.73 Å². The lowest BCUT2D eigenvalue weighted by Crippen LogP contribution is -2.42. The van der Waals surface area contributed by atoms with E-state index in [4.69, 9.17) is 10.3 Å². The number of hydrazine groups is 1. The molecule has 5 nitrogen and oxygen atoms in total. The second-order valence-electron chi connectivity index (χ2n) is 4.59. The number of aliphatic imine (C=N–C) groups is 1. The van der Waals surface area contributed by atoms with Crippen LogP contribution in [0.15, 0.2) is 15.5 Å². The fourth-order valence-corrected chi connectivity index (χ4v) is 1.87. The molecule has 0 saturated heterocycles.